The number of hydrazone groups is 1. The smallest absolute Gasteiger partial charge is 0.268 e. The summed E-state index contributed by atoms with van der Waals surface area (Å²) in [5, 5.41) is 15.2. The summed E-state index contributed by atoms with van der Waals surface area (Å²) in [7, 11) is 0. The number of amides is 1. The lowest BCUT2D eigenvalue weighted by Gasteiger charge is -2.08. The van der Waals surface area contributed by atoms with E-state index in [1.807, 2.05) is 30.3 Å². The molecule has 0 fully saturated rings. The third-order valence-electron chi connectivity index (χ3n) is 4.65. The minimum atomic E-state index is -0.562. The molecule has 0 atom stereocenters. The molecule has 0 saturated carbocycles. The molecule has 10 heteroatoms. The number of rotatable bonds is 7. The monoisotopic (exact) mass is 459 g/mol. The van der Waals surface area contributed by atoms with Gasteiger partial charge in [-0.25, -0.2) is 10.4 Å². The van der Waals surface area contributed by atoms with Crippen LogP contribution >= 0.6 is 11.8 Å². The van der Waals surface area contributed by atoms with E-state index in [0.29, 0.717) is 16.4 Å². The van der Waals surface area contributed by atoms with E-state index in [1.54, 1.807) is 24.4 Å². The molecule has 0 aliphatic carbocycles. The first kappa shape index (κ1) is 21.9. The second-order valence-corrected chi connectivity index (χ2v) is 7.81. The highest BCUT2D eigenvalue weighted by atomic mass is 32.2. The Bertz CT molecular complexity index is 1400. The molecule has 4 rings (SSSR count). The highest BCUT2D eigenvalue weighted by Gasteiger charge is 2.13. The standard InChI is InChI=1S/C23H17N5O4S/c29-21(17-9-11-18(12-10-17)28(31)32)26-24-14-19-22(33-15-16-6-2-1-3-7-16)25-20-8-4-5-13-27(20)23(19)30/h1-14H,15H2,(H,26,29)/b24-14-. The molecule has 0 bridgehead atoms. The minimum absolute atomic E-state index is 0.120. The van der Waals surface area contributed by atoms with Crippen molar-refractivity contribution < 1.29 is 9.72 Å². The normalized spacial score (nSPS) is 11.0. The van der Waals surface area contributed by atoms with Gasteiger partial charge in [-0.2, -0.15) is 5.10 Å². The first-order valence-electron chi connectivity index (χ1n) is 9.79. The van der Waals surface area contributed by atoms with Crippen molar-refractivity contribution >= 4 is 35.2 Å². The number of nitrogens with one attached hydrogen (secondary N) is 1. The summed E-state index contributed by atoms with van der Waals surface area (Å²) in [5.41, 5.74) is 3.93. The maximum atomic E-state index is 13.0. The summed E-state index contributed by atoms with van der Waals surface area (Å²) in [6.45, 7) is 0. The largest absolute Gasteiger partial charge is 0.271 e. The van der Waals surface area contributed by atoms with Crippen molar-refractivity contribution in [1.29, 1.82) is 0 Å². The number of nitro groups is 1. The number of carbonyl (C=O) groups is 1. The van der Waals surface area contributed by atoms with Crippen LogP contribution in [0.15, 0.2) is 93.9 Å². The van der Waals surface area contributed by atoms with Gasteiger partial charge in [0.25, 0.3) is 17.2 Å². The average Bonchev–Trinajstić information content (AvgIpc) is 2.85. The maximum absolute atomic E-state index is 13.0. The molecule has 2 heterocycles. The van der Waals surface area contributed by atoms with Gasteiger partial charge in [-0.05, 0) is 29.8 Å². The second-order valence-electron chi connectivity index (χ2n) is 6.84. The maximum Gasteiger partial charge on any atom is 0.271 e. The number of nitrogens with zero attached hydrogens (tertiary/aromatic N) is 4. The van der Waals surface area contributed by atoms with Crippen LogP contribution in [0.5, 0.6) is 0 Å². The summed E-state index contributed by atoms with van der Waals surface area (Å²) < 4.78 is 1.41. The Labute approximate surface area is 192 Å². The molecular formula is C23H17N5O4S. The molecule has 0 aliphatic rings. The van der Waals surface area contributed by atoms with Gasteiger partial charge in [0.15, 0.2) is 0 Å². The topological polar surface area (TPSA) is 119 Å². The Morgan fingerprint density at radius 1 is 1.09 bits per heavy atom. The molecule has 164 valence electrons. The van der Waals surface area contributed by atoms with E-state index in [9.17, 15) is 19.7 Å². The highest BCUT2D eigenvalue weighted by molar-refractivity contribution is 7.98. The van der Waals surface area contributed by atoms with E-state index in [2.05, 4.69) is 15.5 Å². The zero-order chi connectivity index (χ0) is 23.2. The van der Waals surface area contributed by atoms with Crippen molar-refractivity contribution in [2.75, 3.05) is 0 Å². The van der Waals surface area contributed by atoms with Gasteiger partial charge in [-0.15, -0.1) is 11.8 Å². The molecular weight excluding hydrogens is 442 g/mol. The number of carbonyl (C=O) groups excluding carboxylic acids is 1. The Kier molecular flexibility index (Phi) is 6.56. The Morgan fingerprint density at radius 2 is 1.82 bits per heavy atom. The number of nitro benzene ring substituents is 1. The van der Waals surface area contributed by atoms with Crippen molar-refractivity contribution in [1.82, 2.24) is 14.8 Å². The minimum Gasteiger partial charge on any atom is -0.268 e. The van der Waals surface area contributed by atoms with Gasteiger partial charge >= 0.3 is 0 Å². The molecule has 1 amide bonds. The van der Waals surface area contributed by atoms with Crippen molar-refractivity contribution in [3.63, 3.8) is 0 Å². The molecule has 0 saturated heterocycles. The SMILES string of the molecule is O=C(N/N=C\c1c(SCc2ccccc2)nc2ccccn2c1=O)c1ccc([N+](=O)[O-])cc1. The third-order valence-corrected chi connectivity index (χ3v) is 5.71. The Hall–Kier alpha value is -4.31. The van der Waals surface area contributed by atoms with E-state index in [4.69, 9.17) is 0 Å². The average molecular weight is 459 g/mol. The summed E-state index contributed by atoms with van der Waals surface area (Å²) in [6.07, 6.45) is 2.88. The van der Waals surface area contributed by atoms with Gasteiger partial charge in [-0.3, -0.25) is 24.1 Å². The lowest BCUT2D eigenvalue weighted by atomic mass is 10.2. The number of hydrogen-bond donors (Lipinski definition) is 1. The summed E-state index contributed by atoms with van der Waals surface area (Å²) in [5.74, 6) is 0.0419. The third kappa shape index (κ3) is 5.13. The van der Waals surface area contributed by atoms with Crippen molar-refractivity contribution in [2.24, 2.45) is 5.10 Å². The molecule has 9 nitrogen and oxygen atoms in total. The van der Waals surface area contributed by atoms with Gasteiger partial charge in [0.05, 0.1) is 16.7 Å². The number of thioether (sulfide) groups is 1. The van der Waals surface area contributed by atoms with Crippen LogP contribution in [0.25, 0.3) is 5.65 Å². The first-order chi connectivity index (χ1) is 16.0. The molecule has 2 aromatic heterocycles. The van der Waals surface area contributed by atoms with E-state index >= 15 is 0 Å². The predicted molar refractivity (Wildman–Crippen MR) is 126 cm³/mol. The molecule has 0 unspecified atom stereocenters. The number of fused-ring (bicyclic) bond motifs is 1. The Balaban J connectivity index is 1.59. The van der Waals surface area contributed by atoms with Crippen molar-refractivity contribution in [3.8, 4) is 0 Å². The summed E-state index contributed by atoms with van der Waals surface area (Å²) in [6, 6.07) is 20.2. The summed E-state index contributed by atoms with van der Waals surface area (Å²) >= 11 is 1.40. The lowest BCUT2D eigenvalue weighted by Crippen LogP contribution is -2.23. The fourth-order valence-electron chi connectivity index (χ4n) is 2.98. The van der Waals surface area contributed by atoms with Crippen LogP contribution in [0.4, 0.5) is 5.69 Å². The molecule has 1 N–H and O–H groups in total. The van der Waals surface area contributed by atoms with Crippen molar-refractivity contribution in [2.45, 2.75) is 10.8 Å². The molecule has 33 heavy (non-hydrogen) atoms. The number of hydrogen-bond acceptors (Lipinski definition) is 7. The van der Waals surface area contributed by atoms with Crippen LogP contribution in [0.1, 0.15) is 21.5 Å². The molecule has 0 aliphatic heterocycles. The van der Waals surface area contributed by atoms with E-state index in [-0.39, 0.29) is 22.4 Å². The highest BCUT2D eigenvalue weighted by Crippen LogP contribution is 2.23. The van der Waals surface area contributed by atoms with Gasteiger partial charge < -0.3 is 0 Å². The van der Waals surface area contributed by atoms with E-state index in [0.717, 1.165) is 5.56 Å². The van der Waals surface area contributed by atoms with Crippen LogP contribution in [-0.4, -0.2) is 26.4 Å². The van der Waals surface area contributed by atoms with Gasteiger partial charge in [0.1, 0.15) is 10.7 Å². The molecule has 4 aromatic rings. The van der Waals surface area contributed by atoms with Gasteiger partial charge in [-0.1, -0.05) is 36.4 Å². The predicted octanol–water partition coefficient (Wildman–Crippen LogP) is 3.66. The number of pyridine rings is 1. The quantitative estimate of drug-likeness (QED) is 0.148. The fourth-order valence-corrected chi connectivity index (χ4v) is 3.93. The van der Waals surface area contributed by atoms with Crippen LogP contribution in [0.2, 0.25) is 0 Å². The number of non-ortho nitro benzene ring substituents is 1. The number of aromatic nitrogens is 2. The van der Waals surface area contributed by atoms with Crippen molar-refractivity contribution in [3.05, 3.63) is 116 Å². The second kappa shape index (κ2) is 9.88. The van der Waals surface area contributed by atoms with Crippen LogP contribution in [0, 0.1) is 10.1 Å². The van der Waals surface area contributed by atoms with E-state index < -0.39 is 10.8 Å². The Morgan fingerprint density at radius 3 is 2.55 bits per heavy atom. The molecule has 0 radical (unpaired) electrons. The summed E-state index contributed by atoms with van der Waals surface area (Å²) in [4.78, 5) is 40.2. The zero-order valence-corrected chi connectivity index (χ0v) is 17.9. The lowest BCUT2D eigenvalue weighted by molar-refractivity contribution is -0.384. The first-order valence-corrected chi connectivity index (χ1v) is 10.8. The molecule has 2 aromatic carbocycles. The van der Waals surface area contributed by atoms with E-state index in [1.165, 1.54) is 46.6 Å². The van der Waals surface area contributed by atoms with Gasteiger partial charge in [0, 0.05) is 29.6 Å². The van der Waals surface area contributed by atoms with Gasteiger partial charge in [0.2, 0.25) is 0 Å². The fraction of sp³-hybridized carbons (Fsp3) is 0.0435. The van der Waals surface area contributed by atoms with Crippen LogP contribution < -0.4 is 11.0 Å². The number of benzene rings is 2. The molecule has 0 spiro atoms. The zero-order valence-electron chi connectivity index (χ0n) is 17.1. The van der Waals surface area contributed by atoms with Crippen LogP contribution in [0.3, 0.4) is 0 Å². The van der Waals surface area contributed by atoms with Crippen LogP contribution in [-0.2, 0) is 5.75 Å².